The number of hydrogen-bond donors (Lipinski definition) is 1. The van der Waals surface area contributed by atoms with Crippen LogP contribution in [-0.4, -0.2) is 14.8 Å². The molecule has 0 unspecified atom stereocenters. The van der Waals surface area contributed by atoms with Gasteiger partial charge in [0.1, 0.15) is 11.5 Å². The van der Waals surface area contributed by atoms with Crippen molar-refractivity contribution in [2.45, 2.75) is 6.54 Å². The molecule has 0 saturated carbocycles. The van der Waals surface area contributed by atoms with Crippen molar-refractivity contribution in [2.75, 3.05) is 5.32 Å². The first-order chi connectivity index (χ1) is 9.83. The second kappa shape index (κ2) is 5.52. The van der Waals surface area contributed by atoms with Gasteiger partial charge >= 0.3 is 0 Å². The summed E-state index contributed by atoms with van der Waals surface area (Å²) in [4.78, 5) is 3.97. The third kappa shape index (κ3) is 2.66. The topological polar surface area (TPSA) is 42.7 Å². The number of halogens is 1. The molecule has 2 aromatic heterocycles. The van der Waals surface area contributed by atoms with Crippen LogP contribution in [0.15, 0.2) is 61.2 Å². The Bertz CT molecular complexity index is 694. The fraction of sp³-hybridized carbons (Fsp3) is 0.0667. The molecule has 1 aromatic carbocycles. The number of para-hydroxylation sites is 1. The van der Waals surface area contributed by atoms with Crippen molar-refractivity contribution in [1.29, 1.82) is 0 Å². The van der Waals surface area contributed by atoms with E-state index >= 15 is 0 Å². The van der Waals surface area contributed by atoms with Gasteiger partial charge in [0.15, 0.2) is 0 Å². The summed E-state index contributed by atoms with van der Waals surface area (Å²) >= 11 is 0. The molecule has 1 N–H and O–H groups in total. The number of pyridine rings is 1. The van der Waals surface area contributed by atoms with E-state index in [2.05, 4.69) is 15.4 Å². The average molecular weight is 268 g/mol. The molecular formula is C15H13FN4. The van der Waals surface area contributed by atoms with Crippen LogP contribution < -0.4 is 5.32 Å². The first-order valence-electron chi connectivity index (χ1n) is 6.25. The van der Waals surface area contributed by atoms with Gasteiger partial charge in [-0.05, 0) is 29.8 Å². The van der Waals surface area contributed by atoms with Crippen molar-refractivity contribution in [3.8, 4) is 5.69 Å². The van der Waals surface area contributed by atoms with Crippen molar-refractivity contribution < 1.29 is 4.39 Å². The van der Waals surface area contributed by atoms with Gasteiger partial charge < -0.3 is 5.32 Å². The van der Waals surface area contributed by atoms with Gasteiger partial charge in [0.05, 0.1) is 18.1 Å². The molecular weight excluding hydrogens is 255 g/mol. The number of hydrogen-bond acceptors (Lipinski definition) is 3. The maximum absolute atomic E-state index is 13.6. The first kappa shape index (κ1) is 12.3. The minimum absolute atomic E-state index is 0.295. The number of rotatable bonds is 4. The number of aromatic nitrogens is 3. The van der Waals surface area contributed by atoms with Crippen molar-refractivity contribution in [2.24, 2.45) is 0 Å². The molecule has 0 bridgehead atoms. The van der Waals surface area contributed by atoms with Crippen molar-refractivity contribution >= 4 is 5.69 Å². The minimum Gasteiger partial charge on any atom is -0.378 e. The van der Waals surface area contributed by atoms with Crippen LogP contribution in [0.4, 0.5) is 10.1 Å². The lowest BCUT2D eigenvalue weighted by Crippen LogP contribution is -1.99. The average Bonchev–Trinajstić information content (AvgIpc) is 2.95. The molecule has 2 heterocycles. The maximum atomic E-state index is 13.6. The summed E-state index contributed by atoms with van der Waals surface area (Å²) in [6.07, 6.45) is 6.94. The highest BCUT2D eigenvalue weighted by atomic mass is 19.1. The van der Waals surface area contributed by atoms with E-state index in [1.165, 1.54) is 10.7 Å². The van der Waals surface area contributed by atoms with Gasteiger partial charge in [-0.15, -0.1) is 0 Å². The van der Waals surface area contributed by atoms with Gasteiger partial charge in [-0.25, -0.2) is 9.07 Å². The van der Waals surface area contributed by atoms with E-state index in [0.717, 1.165) is 11.3 Å². The molecule has 3 aromatic rings. The molecule has 5 heteroatoms. The summed E-state index contributed by atoms with van der Waals surface area (Å²) in [6, 6.07) is 10.4. The molecule has 20 heavy (non-hydrogen) atoms. The Morgan fingerprint density at radius 1 is 1.10 bits per heavy atom. The van der Waals surface area contributed by atoms with Gasteiger partial charge in [0.2, 0.25) is 0 Å². The number of nitrogens with zero attached hydrogens (tertiary/aromatic N) is 3. The summed E-state index contributed by atoms with van der Waals surface area (Å²) in [7, 11) is 0. The Hall–Kier alpha value is -2.69. The lowest BCUT2D eigenvalue weighted by molar-refractivity contribution is 0.611. The largest absolute Gasteiger partial charge is 0.378 e. The molecule has 4 nitrogen and oxygen atoms in total. The Balaban J connectivity index is 1.73. The Labute approximate surface area is 115 Å². The van der Waals surface area contributed by atoms with Crippen LogP contribution >= 0.6 is 0 Å². The van der Waals surface area contributed by atoms with E-state index in [0.29, 0.717) is 12.2 Å². The van der Waals surface area contributed by atoms with Crippen LogP contribution in [0.3, 0.4) is 0 Å². The molecule has 0 amide bonds. The molecule has 100 valence electrons. The predicted molar refractivity (Wildman–Crippen MR) is 75.1 cm³/mol. The summed E-state index contributed by atoms with van der Waals surface area (Å²) in [5.74, 6) is -0.295. The van der Waals surface area contributed by atoms with Crippen molar-refractivity contribution in [1.82, 2.24) is 14.8 Å². The lowest BCUT2D eigenvalue weighted by atomic mass is 10.3. The third-order valence-electron chi connectivity index (χ3n) is 2.93. The Morgan fingerprint density at radius 3 is 2.70 bits per heavy atom. The first-order valence-corrected chi connectivity index (χ1v) is 6.25. The number of nitrogens with one attached hydrogen (secondary N) is 1. The smallest absolute Gasteiger partial charge is 0.148 e. The second-order valence-corrected chi connectivity index (χ2v) is 4.33. The maximum Gasteiger partial charge on any atom is 0.148 e. The Kier molecular flexibility index (Phi) is 3.41. The summed E-state index contributed by atoms with van der Waals surface area (Å²) in [5.41, 5.74) is 2.40. The summed E-state index contributed by atoms with van der Waals surface area (Å²) < 4.78 is 15.2. The van der Waals surface area contributed by atoms with Gasteiger partial charge in [-0.2, -0.15) is 5.10 Å². The molecule has 0 aliphatic rings. The highest BCUT2D eigenvalue weighted by molar-refractivity contribution is 5.43. The van der Waals surface area contributed by atoms with Gasteiger partial charge in [0.25, 0.3) is 0 Å². The standard InChI is InChI=1S/C15H13FN4/c16-14-3-1-2-4-15(14)20-11-13(10-19-20)18-9-12-5-7-17-8-6-12/h1-8,10-11,18H,9H2. The lowest BCUT2D eigenvalue weighted by Gasteiger charge is -2.03. The molecule has 0 saturated heterocycles. The van der Waals surface area contributed by atoms with Gasteiger partial charge in [-0.1, -0.05) is 12.1 Å². The van der Waals surface area contributed by atoms with Gasteiger partial charge in [-0.3, -0.25) is 4.98 Å². The van der Waals surface area contributed by atoms with Crippen LogP contribution in [0.2, 0.25) is 0 Å². The SMILES string of the molecule is Fc1ccccc1-n1cc(NCc2ccncc2)cn1. The third-order valence-corrected chi connectivity index (χ3v) is 2.93. The normalized spacial score (nSPS) is 10.4. The highest BCUT2D eigenvalue weighted by Crippen LogP contribution is 2.15. The second-order valence-electron chi connectivity index (χ2n) is 4.33. The Morgan fingerprint density at radius 2 is 1.90 bits per heavy atom. The molecule has 0 radical (unpaired) electrons. The van der Waals surface area contributed by atoms with E-state index in [1.54, 1.807) is 43.0 Å². The fourth-order valence-corrected chi connectivity index (χ4v) is 1.89. The van der Waals surface area contributed by atoms with Crippen molar-refractivity contribution in [3.05, 3.63) is 72.6 Å². The number of anilines is 1. The van der Waals surface area contributed by atoms with E-state index in [-0.39, 0.29) is 5.82 Å². The molecule has 0 atom stereocenters. The minimum atomic E-state index is -0.295. The fourth-order valence-electron chi connectivity index (χ4n) is 1.89. The van der Waals surface area contributed by atoms with Crippen LogP contribution in [0.5, 0.6) is 0 Å². The van der Waals surface area contributed by atoms with Crippen LogP contribution in [0.1, 0.15) is 5.56 Å². The van der Waals surface area contributed by atoms with E-state index in [9.17, 15) is 4.39 Å². The monoisotopic (exact) mass is 268 g/mol. The van der Waals surface area contributed by atoms with E-state index in [4.69, 9.17) is 0 Å². The summed E-state index contributed by atoms with van der Waals surface area (Å²) in [6.45, 7) is 0.672. The van der Waals surface area contributed by atoms with Crippen molar-refractivity contribution in [3.63, 3.8) is 0 Å². The molecule has 0 fully saturated rings. The van der Waals surface area contributed by atoms with Crippen LogP contribution in [-0.2, 0) is 6.54 Å². The van der Waals surface area contributed by atoms with Crippen LogP contribution in [0, 0.1) is 5.82 Å². The molecule has 0 spiro atoms. The quantitative estimate of drug-likeness (QED) is 0.791. The highest BCUT2D eigenvalue weighted by Gasteiger charge is 2.05. The zero-order valence-corrected chi connectivity index (χ0v) is 10.7. The van der Waals surface area contributed by atoms with Crippen LogP contribution in [0.25, 0.3) is 5.69 Å². The summed E-state index contributed by atoms with van der Waals surface area (Å²) in [5, 5.41) is 7.40. The predicted octanol–water partition coefficient (Wildman–Crippen LogP) is 3.02. The number of benzene rings is 1. The zero-order chi connectivity index (χ0) is 13.8. The molecule has 0 aliphatic carbocycles. The zero-order valence-electron chi connectivity index (χ0n) is 10.7. The van der Waals surface area contributed by atoms with E-state index in [1.807, 2.05) is 12.1 Å². The van der Waals surface area contributed by atoms with Gasteiger partial charge in [0, 0.05) is 18.9 Å². The molecule has 3 rings (SSSR count). The van der Waals surface area contributed by atoms with E-state index < -0.39 is 0 Å². The molecule has 0 aliphatic heterocycles.